The summed E-state index contributed by atoms with van der Waals surface area (Å²) < 4.78 is 2.22. The molecule has 1 saturated heterocycles. The van der Waals surface area contributed by atoms with Crippen molar-refractivity contribution in [2.45, 2.75) is 25.4 Å². The number of hydrogen-bond donors (Lipinski definition) is 1. The summed E-state index contributed by atoms with van der Waals surface area (Å²) in [7, 11) is 6.30. The van der Waals surface area contributed by atoms with E-state index in [0.717, 1.165) is 24.6 Å². The maximum Gasteiger partial charge on any atom is 0.195 e. The Morgan fingerprint density at radius 1 is 1.50 bits per heavy atom. The molecule has 1 aliphatic heterocycles. The lowest BCUT2D eigenvalue weighted by atomic mass is 10.2. The molecular formula is C14H23N5S. The van der Waals surface area contributed by atoms with Gasteiger partial charge in [0.25, 0.3) is 0 Å². The number of imidazole rings is 1. The van der Waals surface area contributed by atoms with Crippen molar-refractivity contribution >= 4 is 22.1 Å². The lowest BCUT2D eigenvalue weighted by molar-refractivity contribution is 0.371. The zero-order valence-electron chi connectivity index (χ0n) is 12.5. The fourth-order valence-electron chi connectivity index (χ4n) is 3.11. The second-order valence-electron chi connectivity index (χ2n) is 5.72. The van der Waals surface area contributed by atoms with Gasteiger partial charge in [0.15, 0.2) is 10.8 Å². The standard InChI is InChI=1S/C14H23N5S/c1-15-9-12-13(16-14-19(12)7-8-20-14)18-6-4-5-11(18)10-17(2)3/h7-8,11,15H,4-6,9-10H2,1-3H3. The van der Waals surface area contributed by atoms with Crippen LogP contribution in [0.25, 0.3) is 4.96 Å². The van der Waals surface area contributed by atoms with E-state index in [1.54, 1.807) is 11.3 Å². The maximum atomic E-state index is 4.88. The van der Waals surface area contributed by atoms with Crippen LogP contribution in [0.5, 0.6) is 0 Å². The van der Waals surface area contributed by atoms with Crippen molar-refractivity contribution in [2.75, 3.05) is 39.1 Å². The first-order chi connectivity index (χ1) is 9.70. The van der Waals surface area contributed by atoms with Crippen molar-refractivity contribution in [3.63, 3.8) is 0 Å². The predicted octanol–water partition coefficient (Wildman–Crippen LogP) is 1.65. The van der Waals surface area contributed by atoms with Gasteiger partial charge in [-0.15, -0.1) is 11.3 Å². The van der Waals surface area contributed by atoms with Crippen molar-refractivity contribution in [3.05, 3.63) is 17.3 Å². The third-order valence-electron chi connectivity index (χ3n) is 3.91. The third-order valence-corrected chi connectivity index (χ3v) is 4.67. The predicted molar refractivity (Wildman–Crippen MR) is 84.8 cm³/mol. The molecule has 110 valence electrons. The maximum absolute atomic E-state index is 4.88. The molecule has 1 unspecified atom stereocenters. The first kappa shape index (κ1) is 13.9. The molecule has 0 aromatic carbocycles. The van der Waals surface area contributed by atoms with Gasteiger partial charge < -0.3 is 15.1 Å². The largest absolute Gasteiger partial charge is 0.351 e. The summed E-state index contributed by atoms with van der Waals surface area (Å²) in [4.78, 5) is 10.8. The van der Waals surface area contributed by atoms with Crippen molar-refractivity contribution < 1.29 is 0 Å². The summed E-state index contributed by atoms with van der Waals surface area (Å²) in [6.45, 7) is 3.09. The van der Waals surface area contributed by atoms with E-state index in [9.17, 15) is 0 Å². The van der Waals surface area contributed by atoms with Crippen molar-refractivity contribution in [2.24, 2.45) is 0 Å². The Kier molecular flexibility index (Phi) is 3.96. The molecule has 5 nitrogen and oxygen atoms in total. The number of hydrogen-bond acceptors (Lipinski definition) is 5. The Morgan fingerprint density at radius 2 is 2.35 bits per heavy atom. The molecule has 2 aromatic heterocycles. The summed E-state index contributed by atoms with van der Waals surface area (Å²) >= 11 is 1.71. The van der Waals surface area contributed by atoms with Gasteiger partial charge in [-0.1, -0.05) is 0 Å². The van der Waals surface area contributed by atoms with E-state index in [2.05, 4.69) is 45.2 Å². The van der Waals surface area contributed by atoms with E-state index < -0.39 is 0 Å². The summed E-state index contributed by atoms with van der Waals surface area (Å²) in [5.41, 5.74) is 1.29. The zero-order chi connectivity index (χ0) is 14.1. The van der Waals surface area contributed by atoms with Gasteiger partial charge >= 0.3 is 0 Å². The Bertz CT molecular complexity index is 573. The van der Waals surface area contributed by atoms with Crippen LogP contribution in [0.15, 0.2) is 11.6 Å². The van der Waals surface area contributed by atoms with Gasteiger partial charge in [-0.05, 0) is 34.0 Å². The third kappa shape index (κ3) is 2.43. The van der Waals surface area contributed by atoms with Gasteiger partial charge in [-0.25, -0.2) is 4.98 Å². The SMILES string of the molecule is CNCc1c(N2CCCC2CN(C)C)nc2sccn12. The van der Waals surface area contributed by atoms with Crippen LogP contribution in [0.1, 0.15) is 18.5 Å². The van der Waals surface area contributed by atoms with E-state index in [1.165, 1.54) is 24.4 Å². The molecule has 3 rings (SSSR count). The van der Waals surface area contributed by atoms with Gasteiger partial charge in [-0.3, -0.25) is 4.40 Å². The van der Waals surface area contributed by atoms with Crippen molar-refractivity contribution in [1.82, 2.24) is 19.6 Å². The quantitative estimate of drug-likeness (QED) is 0.909. The average molecular weight is 293 g/mol. The number of fused-ring (bicyclic) bond motifs is 1. The second-order valence-corrected chi connectivity index (χ2v) is 6.59. The molecule has 1 fully saturated rings. The van der Waals surface area contributed by atoms with E-state index in [4.69, 9.17) is 4.98 Å². The molecule has 20 heavy (non-hydrogen) atoms. The fraction of sp³-hybridized carbons (Fsp3) is 0.643. The Labute approximate surface area is 124 Å². The lowest BCUT2D eigenvalue weighted by Crippen LogP contribution is -2.38. The molecule has 0 aliphatic carbocycles. The molecule has 0 radical (unpaired) electrons. The minimum atomic E-state index is 0.588. The number of nitrogens with one attached hydrogen (secondary N) is 1. The van der Waals surface area contributed by atoms with Crippen LogP contribution >= 0.6 is 11.3 Å². The molecule has 1 atom stereocenters. The van der Waals surface area contributed by atoms with Crippen LogP contribution in [-0.4, -0.2) is 54.6 Å². The zero-order valence-corrected chi connectivity index (χ0v) is 13.3. The summed E-state index contributed by atoms with van der Waals surface area (Å²) in [5.74, 6) is 1.18. The monoisotopic (exact) mass is 293 g/mol. The molecule has 2 aromatic rings. The molecule has 0 bridgehead atoms. The van der Waals surface area contributed by atoms with Gasteiger partial charge in [-0.2, -0.15) is 0 Å². The highest BCUT2D eigenvalue weighted by atomic mass is 32.1. The van der Waals surface area contributed by atoms with Crippen LogP contribution in [0.2, 0.25) is 0 Å². The van der Waals surface area contributed by atoms with Crippen LogP contribution in [0.3, 0.4) is 0 Å². The van der Waals surface area contributed by atoms with E-state index in [1.807, 2.05) is 7.05 Å². The fourth-order valence-corrected chi connectivity index (χ4v) is 3.84. The molecule has 1 N–H and O–H groups in total. The summed E-state index contributed by atoms with van der Waals surface area (Å²) in [5, 5.41) is 5.38. The van der Waals surface area contributed by atoms with Crippen LogP contribution in [0, 0.1) is 0 Å². The van der Waals surface area contributed by atoms with Crippen LogP contribution in [0.4, 0.5) is 5.82 Å². The van der Waals surface area contributed by atoms with Crippen LogP contribution in [-0.2, 0) is 6.54 Å². The van der Waals surface area contributed by atoms with Gasteiger partial charge in [0.05, 0.1) is 5.69 Å². The molecule has 6 heteroatoms. The second kappa shape index (κ2) is 5.71. The van der Waals surface area contributed by atoms with E-state index in [-0.39, 0.29) is 0 Å². The number of nitrogens with zero attached hydrogens (tertiary/aromatic N) is 4. The molecular weight excluding hydrogens is 270 g/mol. The van der Waals surface area contributed by atoms with E-state index >= 15 is 0 Å². The first-order valence-corrected chi connectivity index (χ1v) is 8.09. The Morgan fingerprint density at radius 3 is 3.10 bits per heavy atom. The van der Waals surface area contributed by atoms with Crippen LogP contribution < -0.4 is 10.2 Å². The Hall–Kier alpha value is -1.11. The molecule has 0 amide bonds. The normalized spacial score (nSPS) is 19.6. The number of anilines is 1. The minimum absolute atomic E-state index is 0.588. The highest BCUT2D eigenvalue weighted by Crippen LogP contribution is 2.30. The molecule has 0 spiro atoms. The highest BCUT2D eigenvalue weighted by Gasteiger charge is 2.29. The number of rotatable bonds is 5. The van der Waals surface area contributed by atoms with Crippen molar-refractivity contribution in [1.29, 1.82) is 0 Å². The Balaban J connectivity index is 1.95. The first-order valence-electron chi connectivity index (χ1n) is 7.21. The smallest absolute Gasteiger partial charge is 0.195 e. The average Bonchev–Trinajstić information content (AvgIpc) is 3.06. The minimum Gasteiger partial charge on any atom is -0.351 e. The number of likely N-dealkylation sites (N-methyl/N-ethyl adjacent to an activating group) is 1. The summed E-state index contributed by atoms with van der Waals surface area (Å²) in [6, 6.07) is 0.588. The molecule has 1 aliphatic rings. The lowest BCUT2D eigenvalue weighted by Gasteiger charge is -2.28. The van der Waals surface area contributed by atoms with Gasteiger partial charge in [0.2, 0.25) is 0 Å². The highest BCUT2D eigenvalue weighted by molar-refractivity contribution is 7.15. The molecule has 3 heterocycles. The number of aromatic nitrogens is 2. The topological polar surface area (TPSA) is 35.8 Å². The van der Waals surface area contributed by atoms with Gasteiger partial charge in [0.1, 0.15) is 0 Å². The summed E-state index contributed by atoms with van der Waals surface area (Å²) in [6.07, 6.45) is 4.66. The van der Waals surface area contributed by atoms with Crippen molar-refractivity contribution in [3.8, 4) is 0 Å². The van der Waals surface area contributed by atoms with E-state index in [0.29, 0.717) is 6.04 Å². The van der Waals surface area contributed by atoms with Gasteiger partial charge in [0, 0.05) is 37.3 Å². The molecule has 0 saturated carbocycles. The number of thiazole rings is 1.